The number of hydrogen-bond donors (Lipinski definition) is 0. The van der Waals surface area contributed by atoms with E-state index in [0.717, 1.165) is 15.8 Å². The maximum absolute atomic E-state index is 12.4. The lowest BCUT2D eigenvalue weighted by molar-refractivity contribution is 0.0989. The molecule has 0 aliphatic rings. The van der Waals surface area contributed by atoms with E-state index in [9.17, 15) is 4.79 Å². The summed E-state index contributed by atoms with van der Waals surface area (Å²) in [5, 5.41) is 0. The summed E-state index contributed by atoms with van der Waals surface area (Å²) >= 11 is 3.44. The third kappa shape index (κ3) is 3.17. The number of halogens is 1. The van der Waals surface area contributed by atoms with Gasteiger partial charge in [0.2, 0.25) is 0 Å². The monoisotopic (exact) mass is 335 g/mol. The molecule has 0 aliphatic carbocycles. The molecular weight excluding hydrogens is 322 g/mol. The molecular formula is C15H14BrNO3. The summed E-state index contributed by atoms with van der Waals surface area (Å²) in [5.41, 5.74) is 1.39. The van der Waals surface area contributed by atoms with E-state index in [1.54, 1.807) is 19.4 Å². The summed E-state index contributed by atoms with van der Waals surface area (Å²) in [6.45, 7) is 0. The van der Waals surface area contributed by atoms with Crippen LogP contribution >= 0.6 is 15.9 Å². The SMILES string of the molecule is COc1ccc(Br)c(CC(=O)c2ccncc2OC)c1. The van der Waals surface area contributed by atoms with Gasteiger partial charge in [0.05, 0.1) is 26.0 Å². The molecule has 0 aliphatic heterocycles. The molecule has 0 unspecified atom stereocenters. The van der Waals surface area contributed by atoms with Crippen molar-refractivity contribution in [2.24, 2.45) is 0 Å². The Bertz CT molecular complexity index is 628. The van der Waals surface area contributed by atoms with Gasteiger partial charge in [-0.2, -0.15) is 0 Å². The van der Waals surface area contributed by atoms with E-state index >= 15 is 0 Å². The van der Waals surface area contributed by atoms with Gasteiger partial charge in [-0.15, -0.1) is 0 Å². The molecule has 104 valence electrons. The molecule has 1 aromatic heterocycles. The van der Waals surface area contributed by atoms with Gasteiger partial charge < -0.3 is 9.47 Å². The zero-order valence-electron chi connectivity index (χ0n) is 11.2. The topological polar surface area (TPSA) is 48.4 Å². The van der Waals surface area contributed by atoms with Crippen molar-refractivity contribution in [1.29, 1.82) is 0 Å². The molecule has 0 bridgehead atoms. The highest BCUT2D eigenvalue weighted by molar-refractivity contribution is 9.10. The van der Waals surface area contributed by atoms with Crippen molar-refractivity contribution in [2.75, 3.05) is 14.2 Å². The minimum Gasteiger partial charge on any atom is -0.497 e. The van der Waals surface area contributed by atoms with Crippen LogP contribution in [0.4, 0.5) is 0 Å². The van der Waals surface area contributed by atoms with Crippen LogP contribution in [0, 0.1) is 0 Å². The van der Waals surface area contributed by atoms with Crippen LogP contribution in [0.5, 0.6) is 11.5 Å². The zero-order valence-corrected chi connectivity index (χ0v) is 12.8. The second-order valence-corrected chi connectivity index (χ2v) is 4.99. The highest BCUT2D eigenvalue weighted by Crippen LogP contribution is 2.25. The van der Waals surface area contributed by atoms with Crippen molar-refractivity contribution < 1.29 is 14.3 Å². The molecule has 5 heteroatoms. The lowest BCUT2D eigenvalue weighted by atomic mass is 10.0. The van der Waals surface area contributed by atoms with Crippen molar-refractivity contribution in [3.63, 3.8) is 0 Å². The van der Waals surface area contributed by atoms with Gasteiger partial charge in [0.1, 0.15) is 11.5 Å². The highest BCUT2D eigenvalue weighted by Gasteiger charge is 2.14. The van der Waals surface area contributed by atoms with E-state index in [0.29, 0.717) is 11.3 Å². The summed E-state index contributed by atoms with van der Waals surface area (Å²) in [6, 6.07) is 7.21. The van der Waals surface area contributed by atoms with Gasteiger partial charge in [-0.1, -0.05) is 15.9 Å². The molecule has 1 aromatic carbocycles. The van der Waals surface area contributed by atoms with Crippen LogP contribution in [0.2, 0.25) is 0 Å². The Morgan fingerprint density at radius 2 is 2.05 bits per heavy atom. The van der Waals surface area contributed by atoms with Crippen LogP contribution in [0.15, 0.2) is 41.1 Å². The number of rotatable bonds is 5. The number of aromatic nitrogens is 1. The van der Waals surface area contributed by atoms with Gasteiger partial charge in [0, 0.05) is 17.1 Å². The Kier molecular flexibility index (Phi) is 4.74. The summed E-state index contributed by atoms with van der Waals surface area (Å²) in [4.78, 5) is 16.3. The normalized spacial score (nSPS) is 10.2. The predicted octanol–water partition coefficient (Wildman–Crippen LogP) is 3.29. The number of Topliss-reactive ketones (excluding diaryl/α,β-unsaturated/α-hetero) is 1. The quantitative estimate of drug-likeness (QED) is 0.786. The van der Waals surface area contributed by atoms with Gasteiger partial charge in [-0.3, -0.25) is 9.78 Å². The number of benzene rings is 1. The summed E-state index contributed by atoms with van der Waals surface area (Å²) in [7, 11) is 3.12. The largest absolute Gasteiger partial charge is 0.497 e. The predicted molar refractivity (Wildman–Crippen MR) is 79.5 cm³/mol. The third-order valence-corrected chi connectivity index (χ3v) is 3.68. The Labute approximate surface area is 125 Å². The standard InChI is InChI=1S/C15H14BrNO3/c1-19-11-3-4-13(16)10(7-11)8-14(18)12-5-6-17-9-15(12)20-2/h3-7,9H,8H2,1-2H3. The van der Waals surface area contributed by atoms with Crippen LogP contribution in [-0.2, 0) is 6.42 Å². The Morgan fingerprint density at radius 1 is 1.25 bits per heavy atom. The molecule has 0 amide bonds. The maximum Gasteiger partial charge on any atom is 0.171 e. The van der Waals surface area contributed by atoms with Crippen molar-refractivity contribution in [3.8, 4) is 11.5 Å². The molecule has 0 fully saturated rings. The lowest BCUT2D eigenvalue weighted by Gasteiger charge is -2.09. The van der Waals surface area contributed by atoms with E-state index in [1.807, 2.05) is 18.2 Å². The fourth-order valence-electron chi connectivity index (χ4n) is 1.85. The summed E-state index contributed by atoms with van der Waals surface area (Å²) < 4.78 is 11.2. The first-order valence-corrected chi connectivity index (χ1v) is 6.78. The van der Waals surface area contributed by atoms with Gasteiger partial charge in [-0.05, 0) is 29.8 Å². The number of carbonyl (C=O) groups excluding carboxylic acids is 1. The van der Waals surface area contributed by atoms with Gasteiger partial charge >= 0.3 is 0 Å². The van der Waals surface area contributed by atoms with E-state index in [2.05, 4.69) is 20.9 Å². The minimum absolute atomic E-state index is 0.0294. The number of ether oxygens (including phenoxy) is 2. The van der Waals surface area contributed by atoms with E-state index in [4.69, 9.17) is 9.47 Å². The van der Waals surface area contributed by atoms with Crippen LogP contribution in [0.1, 0.15) is 15.9 Å². The average Bonchev–Trinajstić information content (AvgIpc) is 2.49. The highest BCUT2D eigenvalue weighted by atomic mass is 79.9. The van der Waals surface area contributed by atoms with Crippen molar-refractivity contribution in [1.82, 2.24) is 4.98 Å². The number of nitrogens with zero attached hydrogens (tertiary/aromatic N) is 1. The second-order valence-electron chi connectivity index (χ2n) is 4.13. The summed E-state index contributed by atoms with van der Waals surface area (Å²) in [6.07, 6.45) is 3.38. The van der Waals surface area contributed by atoms with Crippen LogP contribution < -0.4 is 9.47 Å². The van der Waals surface area contributed by atoms with Crippen molar-refractivity contribution in [3.05, 3.63) is 52.3 Å². The molecule has 0 radical (unpaired) electrons. The van der Waals surface area contributed by atoms with Crippen LogP contribution in [-0.4, -0.2) is 25.0 Å². The second kappa shape index (κ2) is 6.52. The van der Waals surface area contributed by atoms with E-state index < -0.39 is 0 Å². The molecule has 0 saturated carbocycles. The average molecular weight is 336 g/mol. The van der Waals surface area contributed by atoms with E-state index in [1.165, 1.54) is 13.3 Å². The van der Waals surface area contributed by atoms with Gasteiger partial charge in [-0.25, -0.2) is 0 Å². The molecule has 0 saturated heterocycles. The molecule has 0 atom stereocenters. The van der Waals surface area contributed by atoms with E-state index in [-0.39, 0.29) is 12.2 Å². The van der Waals surface area contributed by atoms with Gasteiger partial charge in [0.15, 0.2) is 5.78 Å². The smallest absolute Gasteiger partial charge is 0.171 e. The van der Waals surface area contributed by atoms with Crippen LogP contribution in [0.25, 0.3) is 0 Å². The Morgan fingerprint density at radius 3 is 2.75 bits per heavy atom. The zero-order chi connectivity index (χ0) is 14.5. The molecule has 1 heterocycles. The van der Waals surface area contributed by atoms with Crippen molar-refractivity contribution in [2.45, 2.75) is 6.42 Å². The number of ketones is 1. The molecule has 2 aromatic rings. The fraction of sp³-hybridized carbons (Fsp3) is 0.200. The Hall–Kier alpha value is -1.88. The van der Waals surface area contributed by atoms with Gasteiger partial charge in [0.25, 0.3) is 0 Å². The van der Waals surface area contributed by atoms with Crippen LogP contribution in [0.3, 0.4) is 0 Å². The molecule has 20 heavy (non-hydrogen) atoms. The molecule has 0 spiro atoms. The Balaban J connectivity index is 2.27. The number of pyridine rings is 1. The molecule has 4 nitrogen and oxygen atoms in total. The molecule has 2 rings (SSSR count). The lowest BCUT2D eigenvalue weighted by Crippen LogP contribution is -2.06. The third-order valence-electron chi connectivity index (χ3n) is 2.91. The maximum atomic E-state index is 12.4. The first-order valence-electron chi connectivity index (χ1n) is 5.99. The fourth-order valence-corrected chi connectivity index (χ4v) is 2.24. The number of carbonyl (C=O) groups is 1. The molecule has 0 N–H and O–H groups in total. The first-order chi connectivity index (χ1) is 9.65. The van der Waals surface area contributed by atoms with Crippen molar-refractivity contribution >= 4 is 21.7 Å². The minimum atomic E-state index is -0.0294. The summed E-state index contributed by atoms with van der Waals surface area (Å²) in [5.74, 6) is 1.17. The number of methoxy groups -OCH3 is 2. The number of hydrogen-bond acceptors (Lipinski definition) is 4. The first kappa shape index (κ1) is 14.5.